The third kappa shape index (κ3) is 2.39. The molecule has 5 nitrogen and oxygen atoms in total. The summed E-state index contributed by atoms with van der Waals surface area (Å²) in [5.74, 6) is 1.80. The lowest BCUT2D eigenvalue weighted by Gasteiger charge is -2.29. The van der Waals surface area contributed by atoms with Gasteiger partial charge in [-0.2, -0.15) is 0 Å². The van der Waals surface area contributed by atoms with Crippen LogP contribution in [0, 0.1) is 0 Å². The van der Waals surface area contributed by atoms with E-state index in [0.717, 1.165) is 43.6 Å². The molecule has 0 bridgehead atoms. The van der Waals surface area contributed by atoms with E-state index >= 15 is 0 Å². The van der Waals surface area contributed by atoms with Crippen molar-refractivity contribution in [2.45, 2.75) is 38.4 Å². The monoisotopic (exact) mass is 311 g/mol. The highest BCUT2D eigenvalue weighted by molar-refractivity contribution is 5.47. The topological polar surface area (TPSA) is 39.5 Å². The Morgan fingerprint density at radius 1 is 1.17 bits per heavy atom. The number of hydrogen-bond donors (Lipinski definition) is 0. The van der Waals surface area contributed by atoms with Gasteiger partial charge in [0.15, 0.2) is 11.5 Å². The second-order valence-corrected chi connectivity index (χ2v) is 6.68. The van der Waals surface area contributed by atoms with Gasteiger partial charge in [0.2, 0.25) is 0 Å². The van der Waals surface area contributed by atoms with Crippen molar-refractivity contribution in [3.05, 3.63) is 41.5 Å². The van der Waals surface area contributed by atoms with Crippen LogP contribution < -0.4 is 9.47 Å². The Kier molecular flexibility index (Phi) is 3.08. The maximum Gasteiger partial charge on any atom is 0.165 e. The fraction of sp³-hybridized carbons (Fsp3) is 0.500. The van der Waals surface area contributed by atoms with Crippen LogP contribution in [0.15, 0.2) is 24.5 Å². The Bertz CT molecular complexity index is 736. The van der Waals surface area contributed by atoms with Crippen LogP contribution in [0.3, 0.4) is 0 Å². The molecule has 0 spiro atoms. The number of ether oxygens (including phenoxy) is 2. The number of imidazole rings is 1. The van der Waals surface area contributed by atoms with E-state index in [0.29, 0.717) is 13.2 Å². The molecule has 3 heterocycles. The van der Waals surface area contributed by atoms with Gasteiger partial charge in [-0.3, -0.25) is 4.90 Å². The van der Waals surface area contributed by atoms with Crippen LogP contribution in [-0.4, -0.2) is 34.2 Å². The van der Waals surface area contributed by atoms with Crippen LogP contribution in [-0.2, 0) is 19.5 Å². The summed E-state index contributed by atoms with van der Waals surface area (Å²) in [5.41, 5.74) is 3.93. The maximum atomic E-state index is 5.84. The largest absolute Gasteiger partial charge is 0.486 e. The molecule has 1 saturated carbocycles. The zero-order chi connectivity index (χ0) is 15.2. The standard InChI is InChI=1S/C18H21N3O2/c1-2-13(18-17(3-1)22-8-9-23-18)10-20-7-6-16-15(11-20)19-12-21(16)14-4-5-14/h1-3,12,14H,4-11H2. The van der Waals surface area contributed by atoms with Crippen LogP contribution in [0.1, 0.15) is 35.8 Å². The average Bonchev–Trinajstić information content (AvgIpc) is 3.35. The number of hydrogen-bond acceptors (Lipinski definition) is 4. The van der Waals surface area contributed by atoms with E-state index < -0.39 is 0 Å². The van der Waals surface area contributed by atoms with Crippen LogP contribution >= 0.6 is 0 Å². The van der Waals surface area contributed by atoms with E-state index in [4.69, 9.17) is 9.47 Å². The Morgan fingerprint density at radius 2 is 2.09 bits per heavy atom. The third-order valence-corrected chi connectivity index (χ3v) is 5.00. The van der Waals surface area contributed by atoms with E-state index in [2.05, 4.69) is 26.6 Å². The number of benzene rings is 1. The molecule has 2 aliphatic heterocycles. The molecule has 1 aliphatic carbocycles. The zero-order valence-corrected chi connectivity index (χ0v) is 13.2. The Labute approximate surface area is 135 Å². The predicted octanol–water partition coefficient (Wildman–Crippen LogP) is 2.55. The molecule has 5 heteroatoms. The first-order valence-electron chi connectivity index (χ1n) is 8.53. The summed E-state index contributed by atoms with van der Waals surface area (Å²) in [6.07, 6.45) is 5.78. The van der Waals surface area contributed by atoms with Crippen LogP contribution in [0.25, 0.3) is 0 Å². The van der Waals surface area contributed by atoms with Crippen molar-refractivity contribution in [2.75, 3.05) is 19.8 Å². The minimum Gasteiger partial charge on any atom is -0.486 e. The second kappa shape index (κ2) is 5.27. The number of nitrogens with zero attached hydrogens (tertiary/aromatic N) is 3. The van der Waals surface area contributed by atoms with Crippen LogP contribution in [0.5, 0.6) is 11.5 Å². The van der Waals surface area contributed by atoms with E-state index in [9.17, 15) is 0 Å². The molecule has 23 heavy (non-hydrogen) atoms. The molecule has 2 aromatic rings. The first kappa shape index (κ1) is 13.4. The molecule has 1 fully saturated rings. The van der Waals surface area contributed by atoms with Crippen molar-refractivity contribution >= 4 is 0 Å². The van der Waals surface area contributed by atoms with Gasteiger partial charge in [0.25, 0.3) is 0 Å². The van der Waals surface area contributed by atoms with Gasteiger partial charge in [-0.05, 0) is 18.9 Å². The lowest BCUT2D eigenvalue weighted by atomic mass is 10.1. The van der Waals surface area contributed by atoms with Gasteiger partial charge in [-0.15, -0.1) is 0 Å². The highest BCUT2D eigenvalue weighted by atomic mass is 16.6. The molecule has 0 radical (unpaired) electrons. The molecule has 120 valence electrons. The molecule has 1 aromatic heterocycles. The Hall–Kier alpha value is -2.01. The minimum atomic E-state index is 0.639. The summed E-state index contributed by atoms with van der Waals surface area (Å²) >= 11 is 0. The lowest BCUT2D eigenvalue weighted by molar-refractivity contribution is 0.165. The van der Waals surface area contributed by atoms with E-state index in [1.807, 2.05) is 12.4 Å². The van der Waals surface area contributed by atoms with Gasteiger partial charge in [0.1, 0.15) is 13.2 Å². The quantitative estimate of drug-likeness (QED) is 0.873. The first-order valence-corrected chi connectivity index (χ1v) is 8.53. The van der Waals surface area contributed by atoms with Gasteiger partial charge in [-0.1, -0.05) is 12.1 Å². The maximum absolute atomic E-state index is 5.84. The molecule has 0 unspecified atom stereocenters. The lowest BCUT2D eigenvalue weighted by Crippen LogP contribution is -2.31. The van der Waals surface area contributed by atoms with Gasteiger partial charge in [0.05, 0.1) is 12.0 Å². The minimum absolute atomic E-state index is 0.639. The summed E-state index contributed by atoms with van der Waals surface area (Å²) in [4.78, 5) is 7.12. The van der Waals surface area contributed by atoms with Crippen LogP contribution in [0.4, 0.5) is 0 Å². The Morgan fingerprint density at radius 3 is 3.00 bits per heavy atom. The van der Waals surface area contributed by atoms with Crippen LogP contribution in [0.2, 0.25) is 0 Å². The normalized spacial score (nSPS) is 20.3. The molecule has 0 amide bonds. The number of rotatable bonds is 3. The first-order chi connectivity index (χ1) is 11.4. The highest BCUT2D eigenvalue weighted by Crippen LogP contribution is 2.38. The Balaban J connectivity index is 1.36. The summed E-state index contributed by atoms with van der Waals surface area (Å²) in [6.45, 7) is 4.18. The summed E-state index contributed by atoms with van der Waals surface area (Å²) in [7, 11) is 0. The molecule has 0 saturated heterocycles. The molecule has 0 atom stereocenters. The summed E-state index contributed by atoms with van der Waals surface area (Å²) in [5, 5.41) is 0. The molecule has 0 N–H and O–H groups in total. The van der Waals surface area contributed by atoms with Gasteiger partial charge >= 0.3 is 0 Å². The smallest absolute Gasteiger partial charge is 0.165 e. The molecular formula is C18H21N3O2. The average molecular weight is 311 g/mol. The van der Waals surface area contributed by atoms with Crippen molar-refractivity contribution in [1.29, 1.82) is 0 Å². The van der Waals surface area contributed by atoms with Gasteiger partial charge in [0, 0.05) is 43.4 Å². The van der Waals surface area contributed by atoms with Crippen molar-refractivity contribution in [3.8, 4) is 11.5 Å². The van der Waals surface area contributed by atoms with Crippen molar-refractivity contribution in [2.24, 2.45) is 0 Å². The fourth-order valence-electron chi connectivity index (χ4n) is 3.69. The van der Waals surface area contributed by atoms with E-state index in [1.54, 1.807) is 0 Å². The summed E-state index contributed by atoms with van der Waals surface area (Å²) in [6, 6.07) is 6.92. The molecule has 5 rings (SSSR count). The van der Waals surface area contributed by atoms with Crippen molar-refractivity contribution < 1.29 is 9.47 Å². The van der Waals surface area contributed by atoms with Gasteiger partial charge in [-0.25, -0.2) is 4.98 Å². The number of para-hydroxylation sites is 1. The summed E-state index contributed by atoms with van der Waals surface area (Å²) < 4.78 is 13.9. The molecule has 3 aliphatic rings. The SMILES string of the molecule is c1cc(CN2CCc3c(ncn3C3CC3)C2)c2c(c1)OCCO2. The number of fused-ring (bicyclic) bond motifs is 2. The number of aromatic nitrogens is 2. The third-order valence-electron chi connectivity index (χ3n) is 5.00. The molecular weight excluding hydrogens is 290 g/mol. The highest BCUT2D eigenvalue weighted by Gasteiger charge is 2.29. The zero-order valence-electron chi connectivity index (χ0n) is 13.2. The van der Waals surface area contributed by atoms with E-state index in [1.165, 1.54) is 29.8 Å². The van der Waals surface area contributed by atoms with E-state index in [-0.39, 0.29) is 0 Å². The van der Waals surface area contributed by atoms with Crippen molar-refractivity contribution in [1.82, 2.24) is 14.5 Å². The molecule has 1 aromatic carbocycles. The predicted molar refractivity (Wildman–Crippen MR) is 85.7 cm³/mol. The second-order valence-electron chi connectivity index (χ2n) is 6.68. The fourth-order valence-corrected chi connectivity index (χ4v) is 3.69. The van der Waals surface area contributed by atoms with Crippen molar-refractivity contribution in [3.63, 3.8) is 0 Å². The van der Waals surface area contributed by atoms with Gasteiger partial charge < -0.3 is 14.0 Å².